The van der Waals surface area contributed by atoms with E-state index in [1.54, 1.807) is 50.6 Å². The Labute approximate surface area is 330 Å². The van der Waals surface area contributed by atoms with Crippen LogP contribution in [0, 0.1) is 0 Å². The van der Waals surface area contributed by atoms with Gasteiger partial charge in [-0.2, -0.15) is 4.98 Å². The first kappa shape index (κ1) is 39.2. The molecule has 0 spiro atoms. The second-order valence-electron chi connectivity index (χ2n) is 13.5. The molecule has 292 valence electrons. The van der Waals surface area contributed by atoms with Crippen LogP contribution in [0.1, 0.15) is 39.7 Å². The molecule has 2 heterocycles. The first-order valence-electron chi connectivity index (χ1n) is 18.4. The number of hydrogen-bond donors (Lipinski definition) is 2. The van der Waals surface area contributed by atoms with Gasteiger partial charge in [-0.25, -0.2) is 4.79 Å². The fraction of sp³-hybridized carbons (Fsp3) is 0.205. The summed E-state index contributed by atoms with van der Waals surface area (Å²) in [5, 5.41) is 5.71. The van der Waals surface area contributed by atoms with Gasteiger partial charge in [0.15, 0.2) is 0 Å². The highest BCUT2D eigenvalue weighted by Gasteiger charge is 2.44. The molecule has 4 atom stereocenters. The third kappa shape index (κ3) is 9.01. The van der Waals surface area contributed by atoms with E-state index in [9.17, 15) is 14.2 Å². The topological polar surface area (TPSA) is 139 Å². The van der Waals surface area contributed by atoms with Crippen LogP contribution in [0.4, 0.5) is 11.5 Å². The first-order valence-corrected chi connectivity index (χ1v) is 20.4. The number of ether oxygens (including phenoxy) is 4. The zero-order valence-electron chi connectivity index (χ0n) is 31.7. The summed E-state index contributed by atoms with van der Waals surface area (Å²) in [6.45, 7) is 1.46. The zero-order chi connectivity index (χ0) is 39.8. The Hall–Kier alpha value is -6.04. The van der Waals surface area contributed by atoms with Gasteiger partial charge in [-0.3, -0.25) is 13.9 Å². The zero-order valence-corrected chi connectivity index (χ0v) is 32.6. The molecule has 0 radical (unpaired) electrons. The minimum Gasteiger partial charge on any atom is -0.497 e. The van der Waals surface area contributed by atoms with E-state index in [1.165, 1.54) is 23.5 Å². The van der Waals surface area contributed by atoms with Crippen molar-refractivity contribution in [2.45, 2.75) is 30.5 Å². The molecule has 7 rings (SSSR count). The maximum Gasteiger partial charge on any atom is 0.351 e. The Kier molecular flexibility index (Phi) is 12.0. The van der Waals surface area contributed by atoms with Crippen molar-refractivity contribution in [3.8, 4) is 11.5 Å². The van der Waals surface area contributed by atoms with E-state index in [0.29, 0.717) is 22.7 Å². The minimum atomic E-state index is -3.50. The van der Waals surface area contributed by atoms with Gasteiger partial charge < -0.3 is 33.9 Å². The van der Waals surface area contributed by atoms with Gasteiger partial charge >= 0.3 is 5.69 Å². The molecule has 1 saturated heterocycles. The van der Waals surface area contributed by atoms with E-state index in [2.05, 4.69) is 15.4 Å². The van der Waals surface area contributed by atoms with E-state index in [1.807, 2.05) is 103 Å². The van der Waals surface area contributed by atoms with Crippen LogP contribution in [0.3, 0.4) is 0 Å². The molecule has 0 bridgehead atoms. The number of rotatable bonds is 15. The Balaban J connectivity index is 1.23. The monoisotopic (exact) mass is 786 g/mol. The fourth-order valence-corrected chi connectivity index (χ4v) is 8.33. The van der Waals surface area contributed by atoms with E-state index in [4.69, 9.17) is 23.5 Å². The lowest BCUT2D eigenvalue weighted by Gasteiger charge is -2.37. The number of carbonyl (C=O) groups is 1. The number of benzene rings is 5. The molecule has 1 fully saturated rings. The number of aromatic nitrogens is 2. The molecular weight excluding hydrogens is 743 g/mol. The van der Waals surface area contributed by atoms with Crippen molar-refractivity contribution in [3.63, 3.8) is 0 Å². The molecule has 0 unspecified atom stereocenters. The lowest BCUT2D eigenvalue weighted by atomic mass is 9.80. The molecule has 0 saturated carbocycles. The van der Waals surface area contributed by atoms with Crippen LogP contribution >= 0.6 is 7.52 Å². The first-order chi connectivity index (χ1) is 27.7. The second kappa shape index (κ2) is 17.4. The van der Waals surface area contributed by atoms with Crippen molar-refractivity contribution in [2.75, 3.05) is 37.9 Å². The van der Waals surface area contributed by atoms with Crippen molar-refractivity contribution in [3.05, 3.63) is 185 Å². The van der Waals surface area contributed by atoms with Gasteiger partial charge in [0.05, 0.1) is 26.9 Å². The number of anilines is 2. The Morgan fingerprint density at radius 1 is 0.789 bits per heavy atom. The molecule has 1 aliphatic rings. The summed E-state index contributed by atoms with van der Waals surface area (Å²) < 4.78 is 46.5. The Bertz CT molecular complexity index is 2320. The quantitative estimate of drug-likeness (QED) is 0.0775. The van der Waals surface area contributed by atoms with E-state index >= 15 is 0 Å². The van der Waals surface area contributed by atoms with Crippen molar-refractivity contribution < 1.29 is 32.8 Å². The third-order valence-electron chi connectivity index (χ3n) is 9.68. The fourth-order valence-electron chi connectivity index (χ4n) is 6.92. The van der Waals surface area contributed by atoms with Crippen molar-refractivity contribution in [1.29, 1.82) is 0 Å². The smallest absolute Gasteiger partial charge is 0.351 e. The van der Waals surface area contributed by atoms with Gasteiger partial charge in [-0.15, -0.1) is 0 Å². The second-order valence-corrected chi connectivity index (χ2v) is 15.6. The van der Waals surface area contributed by atoms with E-state index in [0.717, 1.165) is 16.7 Å². The number of hydrogen-bond acceptors (Lipinski definition) is 9. The highest BCUT2D eigenvalue weighted by atomic mass is 31.2. The summed E-state index contributed by atoms with van der Waals surface area (Å²) in [4.78, 5) is 30.4. The summed E-state index contributed by atoms with van der Waals surface area (Å²) in [6, 6.07) is 44.4. The van der Waals surface area contributed by atoms with Gasteiger partial charge in [0.2, 0.25) is 0 Å². The average Bonchev–Trinajstić information content (AvgIpc) is 3.63. The average molecular weight is 787 g/mol. The molecule has 1 aliphatic heterocycles. The van der Waals surface area contributed by atoms with Crippen LogP contribution in [0.2, 0.25) is 0 Å². The van der Waals surface area contributed by atoms with Crippen LogP contribution in [-0.2, 0) is 24.2 Å². The maximum absolute atomic E-state index is 14.1. The number of methoxy groups -OCH3 is 2. The number of amides is 1. The van der Waals surface area contributed by atoms with Gasteiger partial charge in [-0.05, 0) is 71.3 Å². The van der Waals surface area contributed by atoms with Gasteiger partial charge in [0.1, 0.15) is 35.2 Å². The lowest BCUT2D eigenvalue weighted by Crippen LogP contribution is -2.38. The molecule has 57 heavy (non-hydrogen) atoms. The maximum atomic E-state index is 14.1. The van der Waals surface area contributed by atoms with Crippen molar-refractivity contribution in [1.82, 2.24) is 9.55 Å². The van der Waals surface area contributed by atoms with Gasteiger partial charge in [-0.1, -0.05) is 91.0 Å². The molecule has 1 amide bonds. The molecule has 12 nitrogen and oxygen atoms in total. The summed E-state index contributed by atoms with van der Waals surface area (Å²) in [6.07, 6.45) is -0.829. The molecule has 13 heteroatoms. The van der Waals surface area contributed by atoms with Crippen LogP contribution in [0.25, 0.3) is 0 Å². The molecule has 1 aromatic heterocycles. The normalized spacial score (nSPS) is 17.6. The molecule has 6 aromatic rings. The summed E-state index contributed by atoms with van der Waals surface area (Å²) in [5.41, 5.74) is 1.69. The number of para-hydroxylation sites is 1. The molecular formula is C44H43N4O8P. The third-order valence-corrected chi connectivity index (χ3v) is 11.0. The van der Waals surface area contributed by atoms with Crippen LogP contribution in [-0.4, -0.2) is 55.2 Å². The van der Waals surface area contributed by atoms with Crippen LogP contribution in [0.5, 0.6) is 11.5 Å². The number of nitrogens with zero attached hydrogens (tertiary/aromatic N) is 2. The van der Waals surface area contributed by atoms with Crippen molar-refractivity contribution >= 4 is 24.9 Å². The van der Waals surface area contributed by atoms with Crippen molar-refractivity contribution in [2.24, 2.45) is 0 Å². The summed E-state index contributed by atoms with van der Waals surface area (Å²) in [5.74, 6) is 1.05. The minimum absolute atomic E-state index is 0.0488. The number of carbonyl (C=O) groups excluding carboxylic acids is 1. The summed E-state index contributed by atoms with van der Waals surface area (Å²) >= 11 is 0. The highest BCUT2D eigenvalue weighted by molar-refractivity contribution is 7.59. The summed E-state index contributed by atoms with van der Waals surface area (Å²) in [7, 11) is -0.279. The van der Waals surface area contributed by atoms with Crippen LogP contribution < -0.4 is 25.6 Å². The highest BCUT2D eigenvalue weighted by Crippen LogP contribution is 2.49. The van der Waals surface area contributed by atoms with E-state index < -0.39 is 43.2 Å². The molecule has 5 aromatic carbocycles. The molecule has 2 N–H and O–H groups in total. The number of nitrogens with one attached hydrogen (secondary N) is 2. The molecule has 0 aliphatic carbocycles. The van der Waals surface area contributed by atoms with E-state index in [-0.39, 0.29) is 18.8 Å². The lowest BCUT2D eigenvalue weighted by molar-refractivity contribution is -0.0913. The predicted molar refractivity (Wildman–Crippen MR) is 218 cm³/mol. The SMILES string of the molecule is COc1ccc(C(OC[C@H]2O[C@@H](n3ccc(NC(=O)c4ccccc4)nc3=O)C[C@@H]2O[P@](C)(=O)Nc2ccccc2)(c2ccccc2)c2ccc(OC)cc2)cc1. The van der Waals surface area contributed by atoms with Gasteiger partial charge in [0.25, 0.3) is 13.4 Å². The Morgan fingerprint density at radius 2 is 1.33 bits per heavy atom. The van der Waals surface area contributed by atoms with Crippen LogP contribution in [0.15, 0.2) is 157 Å². The standard InChI is InChI=1S/C44H43N4O8P/c1-52-36-23-19-33(20-24-36)44(32-15-9-5-10-16-32,34-21-25-37(53-2)26-22-34)54-30-39-38(56-57(3,51)47-35-17-11-6-12-18-35)29-41(55-39)48-28-27-40(46-43(48)50)45-42(49)31-13-7-4-8-14-31/h4-28,38-39,41H,29-30H2,1-3H3,(H,47,51)(H,45,46,49,50)/t38-,39+,41+,57-/m0/s1. The Morgan fingerprint density at radius 3 is 1.89 bits per heavy atom. The predicted octanol–water partition coefficient (Wildman–Crippen LogP) is 8.13. The van der Waals surface area contributed by atoms with Gasteiger partial charge in [0, 0.05) is 30.5 Å². The largest absolute Gasteiger partial charge is 0.497 e.